The molecule has 2 rings (SSSR count). The van der Waals surface area contributed by atoms with E-state index >= 15 is 0 Å². The van der Waals surface area contributed by atoms with Crippen molar-refractivity contribution in [3.63, 3.8) is 0 Å². The normalized spacial score (nSPS) is 23.2. The Morgan fingerprint density at radius 3 is 2.52 bits per heavy atom. The Bertz CT molecular complexity index is 583. The van der Waals surface area contributed by atoms with Crippen molar-refractivity contribution in [3.05, 3.63) is 28.5 Å². The van der Waals surface area contributed by atoms with Crippen molar-refractivity contribution in [2.75, 3.05) is 0 Å². The Hall–Kier alpha value is -0.460. The van der Waals surface area contributed by atoms with Crippen LogP contribution in [-0.4, -0.2) is 14.5 Å². The van der Waals surface area contributed by atoms with Gasteiger partial charge >= 0.3 is 0 Å². The minimum absolute atomic E-state index is 0.0149. The quantitative estimate of drug-likeness (QED) is 0.834. The van der Waals surface area contributed by atoms with Crippen molar-refractivity contribution in [1.29, 1.82) is 0 Å². The van der Waals surface area contributed by atoms with Gasteiger partial charge in [-0.15, -0.1) is 0 Å². The first-order valence-electron chi connectivity index (χ1n) is 7.39. The van der Waals surface area contributed by atoms with Crippen LogP contribution in [0.5, 0.6) is 0 Å². The second-order valence-corrected chi connectivity index (χ2v) is 8.27. The zero-order valence-corrected chi connectivity index (χ0v) is 14.5. The molecule has 1 N–H and O–H groups in total. The Morgan fingerprint density at radius 1 is 1.29 bits per heavy atom. The van der Waals surface area contributed by atoms with Gasteiger partial charge in [-0.3, -0.25) is 0 Å². The van der Waals surface area contributed by atoms with Crippen LogP contribution in [0, 0.1) is 11.7 Å². The van der Waals surface area contributed by atoms with Crippen molar-refractivity contribution >= 4 is 26.0 Å². The van der Waals surface area contributed by atoms with Gasteiger partial charge < -0.3 is 0 Å². The molecule has 3 nitrogen and oxygen atoms in total. The van der Waals surface area contributed by atoms with Crippen molar-refractivity contribution in [1.82, 2.24) is 4.72 Å². The standard InChI is InChI=1S/C15H21BrFNO2S/c1-2-3-11-4-6-12(7-5-11)18-21(19,20)13-8-9-14(16)15(17)10-13/h8-12,18H,2-7H2,1H3. The van der Waals surface area contributed by atoms with Crippen molar-refractivity contribution in [2.45, 2.75) is 56.4 Å². The summed E-state index contributed by atoms with van der Waals surface area (Å²) in [4.78, 5) is -0.0149. The zero-order valence-electron chi connectivity index (χ0n) is 12.1. The molecule has 0 aliphatic heterocycles. The number of sulfonamides is 1. The van der Waals surface area contributed by atoms with Crippen molar-refractivity contribution < 1.29 is 12.8 Å². The van der Waals surface area contributed by atoms with Crippen LogP contribution in [-0.2, 0) is 10.0 Å². The summed E-state index contributed by atoms with van der Waals surface area (Å²) in [5.74, 6) is 0.158. The second kappa shape index (κ2) is 7.20. The Balaban J connectivity index is 2.00. The van der Waals surface area contributed by atoms with E-state index in [1.807, 2.05) is 0 Å². The van der Waals surface area contributed by atoms with Gasteiger partial charge in [0.15, 0.2) is 0 Å². The number of hydrogen-bond donors (Lipinski definition) is 1. The van der Waals surface area contributed by atoms with Crippen LogP contribution in [0.2, 0.25) is 0 Å². The van der Waals surface area contributed by atoms with Gasteiger partial charge in [-0.05, 0) is 65.7 Å². The van der Waals surface area contributed by atoms with Crippen molar-refractivity contribution in [2.24, 2.45) is 5.92 Å². The first-order chi connectivity index (χ1) is 9.92. The van der Waals surface area contributed by atoms with Crippen LogP contribution in [0.15, 0.2) is 27.6 Å². The molecule has 1 aliphatic rings. The lowest BCUT2D eigenvalue weighted by molar-refractivity contribution is 0.297. The largest absolute Gasteiger partial charge is 0.240 e. The van der Waals surface area contributed by atoms with Crippen LogP contribution in [0.1, 0.15) is 45.4 Å². The molecule has 0 atom stereocenters. The van der Waals surface area contributed by atoms with E-state index < -0.39 is 15.8 Å². The summed E-state index contributed by atoms with van der Waals surface area (Å²) in [5.41, 5.74) is 0. The van der Waals surface area contributed by atoms with Gasteiger partial charge in [0.1, 0.15) is 5.82 Å². The lowest BCUT2D eigenvalue weighted by Gasteiger charge is -2.28. The van der Waals surface area contributed by atoms with E-state index in [1.165, 1.54) is 25.0 Å². The smallest absolute Gasteiger partial charge is 0.208 e. The van der Waals surface area contributed by atoms with Gasteiger partial charge in [0.2, 0.25) is 10.0 Å². The highest BCUT2D eigenvalue weighted by Gasteiger charge is 2.25. The van der Waals surface area contributed by atoms with E-state index in [2.05, 4.69) is 27.6 Å². The maximum absolute atomic E-state index is 13.5. The molecule has 21 heavy (non-hydrogen) atoms. The predicted molar refractivity (Wildman–Crippen MR) is 85.1 cm³/mol. The van der Waals surface area contributed by atoms with Crippen LogP contribution in [0.4, 0.5) is 4.39 Å². The lowest BCUT2D eigenvalue weighted by Crippen LogP contribution is -2.37. The molecule has 1 saturated carbocycles. The number of rotatable bonds is 5. The molecule has 1 fully saturated rings. The van der Waals surface area contributed by atoms with Crippen molar-refractivity contribution in [3.8, 4) is 0 Å². The Kier molecular flexibility index (Phi) is 5.80. The van der Waals surface area contributed by atoms with Gasteiger partial charge in [-0.1, -0.05) is 19.8 Å². The third kappa shape index (κ3) is 4.50. The van der Waals surface area contributed by atoms with Crippen LogP contribution in [0.25, 0.3) is 0 Å². The molecule has 1 aromatic rings. The van der Waals surface area contributed by atoms with E-state index in [0.29, 0.717) is 0 Å². The summed E-state index contributed by atoms with van der Waals surface area (Å²) in [6, 6.07) is 3.85. The molecule has 1 aromatic carbocycles. The number of benzene rings is 1. The lowest BCUT2D eigenvalue weighted by atomic mass is 9.84. The van der Waals surface area contributed by atoms with Crippen LogP contribution < -0.4 is 4.72 Å². The third-order valence-corrected chi connectivity index (χ3v) is 6.23. The minimum Gasteiger partial charge on any atom is -0.208 e. The van der Waals surface area contributed by atoms with Gasteiger partial charge in [0.25, 0.3) is 0 Å². The van der Waals surface area contributed by atoms with Crippen LogP contribution in [0.3, 0.4) is 0 Å². The number of halogens is 2. The SMILES string of the molecule is CCCC1CCC(NS(=O)(=O)c2ccc(Br)c(F)c2)CC1. The highest BCUT2D eigenvalue weighted by Crippen LogP contribution is 2.29. The molecule has 0 radical (unpaired) electrons. The molecule has 6 heteroatoms. The average Bonchev–Trinajstić information content (AvgIpc) is 2.44. The molecule has 0 unspecified atom stereocenters. The predicted octanol–water partition coefficient (Wildman–Crippen LogP) is 4.23. The summed E-state index contributed by atoms with van der Waals surface area (Å²) in [7, 11) is -3.64. The highest BCUT2D eigenvalue weighted by molar-refractivity contribution is 9.10. The molecule has 1 aliphatic carbocycles. The van der Waals surface area contributed by atoms with E-state index in [1.54, 1.807) is 0 Å². The summed E-state index contributed by atoms with van der Waals surface area (Å²) in [6.07, 6.45) is 6.26. The maximum Gasteiger partial charge on any atom is 0.240 e. The summed E-state index contributed by atoms with van der Waals surface area (Å²) in [6.45, 7) is 2.18. The van der Waals surface area contributed by atoms with E-state index in [-0.39, 0.29) is 15.4 Å². The number of nitrogens with one attached hydrogen (secondary N) is 1. The average molecular weight is 378 g/mol. The van der Waals surface area contributed by atoms with Gasteiger partial charge in [-0.25, -0.2) is 17.5 Å². The fourth-order valence-corrected chi connectivity index (χ4v) is 4.47. The molecule has 0 saturated heterocycles. The fraction of sp³-hybridized carbons (Fsp3) is 0.600. The molecule has 0 spiro atoms. The minimum atomic E-state index is -3.64. The first kappa shape index (κ1) is 16.9. The monoisotopic (exact) mass is 377 g/mol. The van der Waals surface area contributed by atoms with Gasteiger partial charge in [0, 0.05) is 6.04 Å². The summed E-state index contributed by atoms with van der Waals surface area (Å²) < 4.78 is 41.0. The molecule has 0 amide bonds. The molecular formula is C15H21BrFNO2S. The number of hydrogen-bond acceptors (Lipinski definition) is 2. The third-order valence-electron chi connectivity index (χ3n) is 4.07. The first-order valence-corrected chi connectivity index (χ1v) is 9.67. The van der Waals surface area contributed by atoms with E-state index in [9.17, 15) is 12.8 Å². The molecule has 0 bridgehead atoms. The second-order valence-electron chi connectivity index (χ2n) is 5.70. The highest BCUT2D eigenvalue weighted by atomic mass is 79.9. The Morgan fingerprint density at radius 2 is 1.95 bits per heavy atom. The van der Waals surface area contributed by atoms with Crippen LogP contribution >= 0.6 is 15.9 Å². The molecule has 0 heterocycles. The fourth-order valence-electron chi connectivity index (χ4n) is 2.91. The topological polar surface area (TPSA) is 46.2 Å². The van der Waals surface area contributed by atoms with Gasteiger partial charge in [-0.2, -0.15) is 0 Å². The molecule has 0 aromatic heterocycles. The van der Waals surface area contributed by atoms with E-state index in [4.69, 9.17) is 0 Å². The summed E-state index contributed by atoms with van der Waals surface area (Å²) >= 11 is 3.03. The molecule has 118 valence electrons. The Labute approximate surface area is 134 Å². The molecular weight excluding hydrogens is 357 g/mol. The summed E-state index contributed by atoms with van der Waals surface area (Å²) in [5, 5.41) is 0. The maximum atomic E-state index is 13.5. The van der Waals surface area contributed by atoms with Gasteiger partial charge in [0.05, 0.1) is 9.37 Å². The van der Waals surface area contributed by atoms with E-state index in [0.717, 1.165) is 37.7 Å². The zero-order chi connectivity index (χ0) is 15.5.